The van der Waals surface area contributed by atoms with E-state index >= 15 is 0 Å². The summed E-state index contributed by atoms with van der Waals surface area (Å²) in [5.41, 5.74) is 1.06. The van der Waals surface area contributed by atoms with E-state index in [0.717, 1.165) is 22.4 Å². The van der Waals surface area contributed by atoms with Crippen molar-refractivity contribution in [2.24, 2.45) is 12.0 Å². The van der Waals surface area contributed by atoms with E-state index in [1.165, 1.54) is 0 Å². The van der Waals surface area contributed by atoms with E-state index in [2.05, 4.69) is 36.1 Å². The maximum Gasteiger partial charge on any atom is 0.213 e. The minimum Gasteiger partial charge on any atom is -0.443 e. The molecule has 0 fully saturated rings. The Hall–Kier alpha value is -1.22. The van der Waals surface area contributed by atoms with Gasteiger partial charge in [-0.3, -0.25) is 4.99 Å². The highest BCUT2D eigenvalue weighted by molar-refractivity contribution is 14.0. The third-order valence-corrected chi connectivity index (χ3v) is 3.94. The van der Waals surface area contributed by atoms with Gasteiger partial charge in [-0.2, -0.15) is 0 Å². The van der Waals surface area contributed by atoms with E-state index in [9.17, 15) is 0 Å². The number of rotatable bonds is 4. The van der Waals surface area contributed by atoms with Gasteiger partial charge >= 0.3 is 0 Å². The molecule has 0 saturated heterocycles. The van der Waals surface area contributed by atoms with Crippen LogP contribution in [0.3, 0.4) is 0 Å². The molecule has 6 nitrogen and oxygen atoms in total. The SMILES string of the molecule is CN=C(NCc1ncc(C(C)(C)C)o1)N(C)Cc1cc(Cl)cn1C.I. The number of aromatic nitrogens is 2. The molecule has 8 heteroatoms. The summed E-state index contributed by atoms with van der Waals surface area (Å²) in [5, 5.41) is 4.01. The second kappa shape index (κ2) is 8.93. The summed E-state index contributed by atoms with van der Waals surface area (Å²) >= 11 is 6.04. The largest absolute Gasteiger partial charge is 0.443 e. The van der Waals surface area contributed by atoms with Crippen LogP contribution in [-0.4, -0.2) is 34.5 Å². The monoisotopic (exact) mass is 479 g/mol. The minimum atomic E-state index is -0.0461. The minimum absolute atomic E-state index is 0. The number of oxazole rings is 1. The van der Waals surface area contributed by atoms with Crippen molar-refractivity contribution in [1.82, 2.24) is 19.8 Å². The van der Waals surface area contributed by atoms with E-state index in [0.29, 0.717) is 19.0 Å². The van der Waals surface area contributed by atoms with Crippen LogP contribution in [0.4, 0.5) is 0 Å². The van der Waals surface area contributed by atoms with E-state index in [-0.39, 0.29) is 29.4 Å². The Labute approximate surface area is 171 Å². The van der Waals surface area contributed by atoms with Crippen LogP contribution in [0, 0.1) is 0 Å². The highest BCUT2D eigenvalue weighted by atomic mass is 127. The highest BCUT2D eigenvalue weighted by Crippen LogP contribution is 2.22. The van der Waals surface area contributed by atoms with Gasteiger partial charge in [-0.05, 0) is 6.07 Å². The van der Waals surface area contributed by atoms with Crippen molar-refractivity contribution in [2.75, 3.05) is 14.1 Å². The van der Waals surface area contributed by atoms with Crippen molar-refractivity contribution >= 4 is 41.5 Å². The molecule has 0 spiro atoms. The molecule has 0 aliphatic carbocycles. The average Bonchev–Trinajstić information content (AvgIpc) is 3.06. The van der Waals surface area contributed by atoms with Gasteiger partial charge in [-0.25, -0.2) is 4.98 Å². The van der Waals surface area contributed by atoms with Gasteiger partial charge in [0.05, 0.1) is 24.3 Å². The quantitative estimate of drug-likeness (QED) is 0.412. The topological polar surface area (TPSA) is 58.6 Å². The number of guanidine groups is 1. The fraction of sp³-hybridized carbons (Fsp3) is 0.529. The van der Waals surface area contributed by atoms with Crippen molar-refractivity contribution in [1.29, 1.82) is 0 Å². The predicted molar refractivity (Wildman–Crippen MR) is 113 cm³/mol. The van der Waals surface area contributed by atoms with E-state index in [1.54, 1.807) is 13.2 Å². The number of aliphatic imine (C=N–C) groups is 1. The summed E-state index contributed by atoms with van der Waals surface area (Å²) < 4.78 is 7.80. The summed E-state index contributed by atoms with van der Waals surface area (Å²) in [6.07, 6.45) is 3.68. The fourth-order valence-electron chi connectivity index (χ4n) is 2.32. The average molecular weight is 480 g/mol. The molecule has 0 aliphatic heterocycles. The number of hydrogen-bond donors (Lipinski definition) is 1. The molecule has 0 amide bonds. The summed E-state index contributed by atoms with van der Waals surface area (Å²) in [6.45, 7) is 7.48. The first kappa shape index (κ1) is 21.8. The zero-order chi connectivity index (χ0) is 17.9. The molecule has 1 N–H and O–H groups in total. The van der Waals surface area contributed by atoms with Crippen molar-refractivity contribution in [3.8, 4) is 0 Å². The molecule has 2 rings (SSSR count). The van der Waals surface area contributed by atoms with Crippen LogP contribution in [0.25, 0.3) is 0 Å². The van der Waals surface area contributed by atoms with Gasteiger partial charge in [0.2, 0.25) is 5.89 Å². The predicted octanol–water partition coefficient (Wildman–Crippen LogP) is 3.79. The highest BCUT2D eigenvalue weighted by Gasteiger charge is 2.19. The molecule has 2 aromatic heterocycles. The number of hydrogen-bond acceptors (Lipinski definition) is 3. The fourth-order valence-corrected chi connectivity index (χ4v) is 2.59. The molecule has 0 aromatic carbocycles. The summed E-state index contributed by atoms with van der Waals surface area (Å²) in [4.78, 5) is 10.7. The lowest BCUT2D eigenvalue weighted by Gasteiger charge is -2.21. The van der Waals surface area contributed by atoms with Gasteiger partial charge in [0.15, 0.2) is 5.96 Å². The zero-order valence-corrected chi connectivity index (χ0v) is 18.7. The lowest BCUT2D eigenvalue weighted by molar-refractivity contribution is 0.376. The molecular weight excluding hydrogens is 453 g/mol. The van der Waals surface area contributed by atoms with Crippen LogP contribution in [0.15, 0.2) is 27.9 Å². The van der Waals surface area contributed by atoms with Crippen molar-refractivity contribution in [3.63, 3.8) is 0 Å². The van der Waals surface area contributed by atoms with Crippen LogP contribution in [0.1, 0.15) is 38.1 Å². The first-order valence-electron chi connectivity index (χ1n) is 7.88. The Bertz CT molecular complexity index is 717. The molecule has 0 saturated carbocycles. The maximum absolute atomic E-state index is 6.04. The smallest absolute Gasteiger partial charge is 0.213 e. The molecule has 140 valence electrons. The van der Waals surface area contributed by atoms with Crippen LogP contribution in [0.5, 0.6) is 0 Å². The third kappa shape index (κ3) is 5.91. The number of nitrogens with one attached hydrogen (secondary N) is 1. The summed E-state index contributed by atoms with van der Waals surface area (Å²) in [5.74, 6) is 2.29. The van der Waals surface area contributed by atoms with E-state index in [4.69, 9.17) is 16.0 Å². The lowest BCUT2D eigenvalue weighted by atomic mass is 9.94. The normalized spacial score (nSPS) is 12.0. The second-order valence-corrected chi connectivity index (χ2v) is 7.32. The summed E-state index contributed by atoms with van der Waals surface area (Å²) in [6, 6.07) is 1.95. The maximum atomic E-state index is 6.04. The van der Waals surface area contributed by atoms with Crippen LogP contribution in [-0.2, 0) is 25.6 Å². The molecule has 0 bridgehead atoms. The third-order valence-electron chi connectivity index (χ3n) is 3.74. The Morgan fingerprint density at radius 2 is 2.12 bits per heavy atom. The van der Waals surface area contributed by atoms with Gasteiger partial charge < -0.3 is 19.2 Å². The zero-order valence-electron chi connectivity index (χ0n) is 15.6. The molecule has 2 heterocycles. The van der Waals surface area contributed by atoms with Crippen molar-refractivity contribution in [3.05, 3.63) is 40.8 Å². The molecule has 0 aliphatic rings. The molecule has 0 unspecified atom stereocenters. The van der Waals surface area contributed by atoms with E-state index < -0.39 is 0 Å². The lowest BCUT2D eigenvalue weighted by Crippen LogP contribution is -2.38. The van der Waals surface area contributed by atoms with Gasteiger partial charge in [0.1, 0.15) is 5.76 Å². The van der Waals surface area contributed by atoms with Gasteiger partial charge in [0, 0.05) is 38.4 Å². The second-order valence-electron chi connectivity index (χ2n) is 6.89. The van der Waals surface area contributed by atoms with E-state index in [1.807, 2.05) is 35.8 Å². The first-order chi connectivity index (χ1) is 11.2. The first-order valence-corrected chi connectivity index (χ1v) is 8.26. The molecular formula is C17H27ClIN5O. The number of halogens is 2. The Morgan fingerprint density at radius 3 is 2.60 bits per heavy atom. The summed E-state index contributed by atoms with van der Waals surface area (Å²) in [7, 11) is 5.71. The van der Waals surface area contributed by atoms with Crippen molar-refractivity contribution < 1.29 is 4.42 Å². The number of nitrogens with zero attached hydrogens (tertiary/aromatic N) is 4. The number of aryl methyl sites for hydroxylation is 1. The van der Waals surface area contributed by atoms with Crippen LogP contribution >= 0.6 is 35.6 Å². The Morgan fingerprint density at radius 1 is 1.44 bits per heavy atom. The Balaban J connectivity index is 0.00000312. The van der Waals surface area contributed by atoms with Crippen LogP contribution < -0.4 is 5.32 Å². The van der Waals surface area contributed by atoms with Gasteiger partial charge in [-0.15, -0.1) is 24.0 Å². The van der Waals surface area contributed by atoms with Gasteiger partial charge in [-0.1, -0.05) is 32.4 Å². The van der Waals surface area contributed by atoms with Crippen molar-refractivity contribution in [2.45, 2.75) is 39.3 Å². The molecule has 0 radical (unpaired) electrons. The standard InChI is InChI=1S/C17H26ClN5O.HI/c1-17(2,3)14-8-20-15(24-14)9-21-16(19-4)23(6)11-13-7-12(18)10-22(13)5;/h7-8,10H,9,11H2,1-6H3,(H,19,21);1H. The molecule has 2 aromatic rings. The molecule has 0 atom stereocenters. The van der Waals surface area contributed by atoms with Gasteiger partial charge in [0.25, 0.3) is 0 Å². The van der Waals surface area contributed by atoms with Crippen LogP contribution in [0.2, 0.25) is 5.02 Å². The molecule has 25 heavy (non-hydrogen) atoms. The Kier molecular flexibility index (Phi) is 7.80.